The molecule has 0 spiro atoms. The maximum Gasteiger partial charge on any atom is 0.267 e. The monoisotopic (exact) mass is 326 g/mol. The van der Waals surface area contributed by atoms with Crippen LogP contribution in [0.1, 0.15) is 21.6 Å². The number of benzene rings is 1. The van der Waals surface area contributed by atoms with Gasteiger partial charge in [0.25, 0.3) is 5.91 Å². The molecule has 7 heteroatoms. The van der Waals surface area contributed by atoms with Crippen molar-refractivity contribution in [1.29, 1.82) is 0 Å². The predicted octanol–water partition coefficient (Wildman–Crippen LogP) is 3.54. The van der Waals surface area contributed by atoms with E-state index >= 15 is 0 Å². The van der Waals surface area contributed by atoms with Gasteiger partial charge in [-0.2, -0.15) is 0 Å². The van der Waals surface area contributed by atoms with Crippen molar-refractivity contribution in [2.45, 2.75) is 13.3 Å². The highest BCUT2D eigenvalue weighted by Gasteiger charge is 2.10. The maximum atomic E-state index is 12.2. The Kier molecular flexibility index (Phi) is 4.58. The molecule has 0 fully saturated rings. The molecule has 116 valence electrons. The smallest absolute Gasteiger partial charge is 0.267 e. The summed E-state index contributed by atoms with van der Waals surface area (Å²) in [5.74, 6) is 0.784. The van der Waals surface area contributed by atoms with Crippen LogP contribution in [0.5, 0.6) is 11.6 Å². The third-order valence-corrected chi connectivity index (χ3v) is 4.07. The summed E-state index contributed by atoms with van der Waals surface area (Å²) in [4.78, 5) is 25.0. The van der Waals surface area contributed by atoms with Crippen LogP contribution in [0.3, 0.4) is 0 Å². The van der Waals surface area contributed by atoms with E-state index in [1.807, 2.05) is 6.92 Å². The zero-order valence-corrected chi connectivity index (χ0v) is 13.2. The topological polar surface area (TPSA) is 77.0 Å². The Morgan fingerprint density at radius 3 is 2.91 bits per heavy atom. The van der Waals surface area contributed by atoms with Gasteiger partial charge in [-0.1, -0.05) is 13.0 Å². The highest BCUT2D eigenvalue weighted by Crippen LogP contribution is 2.23. The van der Waals surface area contributed by atoms with Gasteiger partial charge in [0.05, 0.1) is 17.4 Å². The number of hydrogen-bond donors (Lipinski definition) is 1. The van der Waals surface area contributed by atoms with Gasteiger partial charge in [0.15, 0.2) is 0 Å². The van der Waals surface area contributed by atoms with Gasteiger partial charge in [0, 0.05) is 24.1 Å². The lowest BCUT2D eigenvalue weighted by molar-refractivity contribution is 0.103. The number of aromatic nitrogens is 3. The van der Waals surface area contributed by atoms with Crippen molar-refractivity contribution in [3.05, 3.63) is 58.9 Å². The molecule has 2 aromatic heterocycles. The van der Waals surface area contributed by atoms with Crippen molar-refractivity contribution in [2.75, 3.05) is 5.32 Å². The van der Waals surface area contributed by atoms with Gasteiger partial charge in [-0.25, -0.2) is 9.97 Å². The summed E-state index contributed by atoms with van der Waals surface area (Å²) in [5.41, 5.74) is 0.642. The zero-order chi connectivity index (χ0) is 16.1. The molecule has 0 aliphatic rings. The van der Waals surface area contributed by atoms with Crippen LogP contribution < -0.4 is 10.1 Å². The van der Waals surface area contributed by atoms with Gasteiger partial charge in [-0.05, 0) is 18.6 Å². The van der Waals surface area contributed by atoms with Gasteiger partial charge < -0.3 is 10.1 Å². The molecule has 2 heterocycles. The van der Waals surface area contributed by atoms with Crippen LogP contribution in [0.2, 0.25) is 0 Å². The summed E-state index contributed by atoms with van der Waals surface area (Å²) in [6, 6.07) is 7.11. The van der Waals surface area contributed by atoms with Crippen molar-refractivity contribution in [3.63, 3.8) is 0 Å². The number of nitrogens with zero attached hydrogens (tertiary/aromatic N) is 3. The largest absolute Gasteiger partial charge is 0.437 e. The first kappa shape index (κ1) is 15.1. The molecule has 0 bridgehead atoms. The molecule has 3 aromatic rings. The van der Waals surface area contributed by atoms with E-state index < -0.39 is 0 Å². The van der Waals surface area contributed by atoms with Gasteiger partial charge in [-0.15, -0.1) is 11.3 Å². The Balaban J connectivity index is 1.71. The molecule has 0 saturated carbocycles. The molecule has 0 aliphatic heterocycles. The Morgan fingerprint density at radius 1 is 1.26 bits per heavy atom. The minimum atomic E-state index is -0.182. The molecule has 0 unspecified atom stereocenters. The van der Waals surface area contributed by atoms with E-state index in [-0.39, 0.29) is 5.91 Å². The number of carbonyl (C=O) groups excluding carboxylic acids is 1. The second-order valence-corrected chi connectivity index (χ2v) is 5.71. The van der Waals surface area contributed by atoms with E-state index in [2.05, 4.69) is 20.3 Å². The number of carbonyl (C=O) groups is 1. The van der Waals surface area contributed by atoms with Crippen molar-refractivity contribution in [3.8, 4) is 11.6 Å². The van der Waals surface area contributed by atoms with Crippen molar-refractivity contribution in [2.24, 2.45) is 0 Å². The van der Waals surface area contributed by atoms with Crippen molar-refractivity contribution < 1.29 is 9.53 Å². The zero-order valence-electron chi connectivity index (χ0n) is 12.4. The van der Waals surface area contributed by atoms with E-state index in [9.17, 15) is 4.79 Å². The molecule has 0 atom stereocenters. The average Bonchev–Trinajstić information content (AvgIpc) is 3.05. The molecular formula is C16H14N4O2S. The highest BCUT2D eigenvalue weighted by atomic mass is 32.1. The fraction of sp³-hybridized carbons (Fsp3) is 0.125. The van der Waals surface area contributed by atoms with Gasteiger partial charge in [0.2, 0.25) is 5.88 Å². The molecule has 0 aliphatic carbocycles. The predicted molar refractivity (Wildman–Crippen MR) is 88.0 cm³/mol. The molecule has 6 nitrogen and oxygen atoms in total. The van der Waals surface area contributed by atoms with Crippen molar-refractivity contribution >= 4 is 22.9 Å². The molecular weight excluding hydrogens is 312 g/mol. The SMILES string of the molecule is CCc1ncc(C(=O)Nc2cccc(Oc3cnccn3)c2)s1. The minimum Gasteiger partial charge on any atom is -0.437 e. The van der Waals surface area contributed by atoms with E-state index in [1.165, 1.54) is 17.5 Å². The fourth-order valence-electron chi connectivity index (χ4n) is 1.87. The first-order chi connectivity index (χ1) is 11.2. The van der Waals surface area contributed by atoms with Gasteiger partial charge in [0.1, 0.15) is 10.6 Å². The second-order valence-electron chi connectivity index (χ2n) is 4.60. The summed E-state index contributed by atoms with van der Waals surface area (Å²) >= 11 is 1.39. The first-order valence-corrected chi connectivity index (χ1v) is 7.86. The van der Waals surface area contributed by atoms with Crippen LogP contribution in [0, 0.1) is 0 Å². The number of thiazole rings is 1. The number of hydrogen-bond acceptors (Lipinski definition) is 6. The van der Waals surface area contributed by atoms with Crippen LogP contribution >= 0.6 is 11.3 Å². The number of rotatable bonds is 5. The molecule has 0 radical (unpaired) electrons. The summed E-state index contributed by atoms with van der Waals surface area (Å²) in [6.07, 6.45) is 7.06. The number of nitrogens with one attached hydrogen (secondary N) is 1. The molecule has 1 N–H and O–H groups in total. The number of ether oxygens (including phenoxy) is 1. The average molecular weight is 326 g/mol. The Morgan fingerprint density at radius 2 is 2.17 bits per heavy atom. The molecule has 1 amide bonds. The standard InChI is InChI=1S/C16H14N4O2S/c1-2-15-19-9-13(23-15)16(21)20-11-4-3-5-12(8-11)22-14-10-17-6-7-18-14/h3-10H,2H2,1H3,(H,20,21). The van der Waals surface area contributed by atoms with Gasteiger partial charge in [-0.3, -0.25) is 9.78 Å². The molecule has 23 heavy (non-hydrogen) atoms. The van der Waals surface area contributed by atoms with Crippen LogP contribution in [0.4, 0.5) is 5.69 Å². The highest BCUT2D eigenvalue weighted by molar-refractivity contribution is 7.13. The third kappa shape index (κ3) is 3.89. The van der Waals surface area contributed by atoms with Crippen LogP contribution in [0.25, 0.3) is 0 Å². The summed E-state index contributed by atoms with van der Waals surface area (Å²) in [7, 11) is 0. The van der Waals surface area contributed by atoms with Crippen LogP contribution in [-0.4, -0.2) is 20.9 Å². The summed E-state index contributed by atoms with van der Waals surface area (Å²) in [5, 5.41) is 3.78. The molecule has 1 aromatic carbocycles. The summed E-state index contributed by atoms with van der Waals surface area (Å²) in [6.45, 7) is 2.01. The lowest BCUT2D eigenvalue weighted by Gasteiger charge is -2.07. The molecule has 3 rings (SSSR count). The maximum absolute atomic E-state index is 12.2. The van der Waals surface area contributed by atoms with Gasteiger partial charge >= 0.3 is 0 Å². The van der Waals surface area contributed by atoms with Crippen LogP contribution in [-0.2, 0) is 6.42 Å². The Labute approximate surface area is 137 Å². The van der Waals surface area contributed by atoms with Crippen LogP contribution in [0.15, 0.2) is 49.1 Å². The van der Waals surface area contributed by atoms with E-state index in [0.29, 0.717) is 22.2 Å². The summed E-state index contributed by atoms with van der Waals surface area (Å²) < 4.78 is 5.59. The number of anilines is 1. The number of aryl methyl sites for hydroxylation is 1. The van der Waals surface area contributed by atoms with Crippen molar-refractivity contribution in [1.82, 2.24) is 15.0 Å². The Bertz CT molecular complexity index is 805. The number of amides is 1. The third-order valence-electron chi connectivity index (χ3n) is 2.93. The molecule has 0 saturated heterocycles. The normalized spacial score (nSPS) is 10.3. The minimum absolute atomic E-state index is 0.182. The lowest BCUT2D eigenvalue weighted by atomic mass is 10.3. The van der Waals surface area contributed by atoms with E-state index in [4.69, 9.17) is 4.74 Å². The lowest BCUT2D eigenvalue weighted by Crippen LogP contribution is -2.10. The van der Waals surface area contributed by atoms with E-state index in [0.717, 1.165) is 11.4 Å². The Hall–Kier alpha value is -2.80. The van der Waals surface area contributed by atoms with E-state index in [1.54, 1.807) is 42.9 Å². The quantitative estimate of drug-likeness (QED) is 0.776. The first-order valence-electron chi connectivity index (χ1n) is 7.04. The second kappa shape index (κ2) is 6.97. The fourth-order valence-corrected chi connectivity index (χ4v) is 2.62.